The van der Waals surface area contributed by atoms with Gasteiger partial charge in [-0.05, 0) is 25.0 Å². The predicted octanol–water partition coefficient (Wildman–Crippen LogP) is 1.46. The van der Waals surface area contributed by atoms with E-state index in [2.05, 4.69) is 0 Å². The molecule has 1 atom stereocenters. The maximum atomic E-state index is 12.5. The average molecular weight is 302 g/mol. The Morgan fingerprint density at radius 2 is 2.18 bits per heavy atom. The lowest BCUT2D eigenvalue weighted by Gasteiger charge is -2.22. The number of hydrogen-bond donors (Lipinski definition) is 0. The van der Waals surface area contributed by atoms with Crippen LogP contribution in [0.4, 0.5) is 5.69 Å². The number of hydrogen-bond acceptors (Lipinski definition) is 3. The Balaban J connectivity index is 1.60. The van der Waals surface area contributed by atoms with Gasteiger partial charge in [0.05, 0.1) is 13.0 Å². The van der Waals surface area contributed by atoms with Gasteiger partial charge >= 0.3 is 0 Å². The molecule has 0 N–H and O–H groups in total. The van der Waals surface area contributed by atoms with Crippen molar-refractivity contribution in [3.05, 3.63) is 29.8 Å². The maximum absolute atomic E-state index is 12.5. The molecule has 0 radical (unpaired) electrons. The molecule has 0 saturated carbocycles. The van der Waals surface area contributed by atoms with Gasteiger partial charge in [-0.2, -0.15) is 0 Å². The normalized spacial score (nSPS) is 20.6. The van der Waals surface area contributed by atoms with Crippen molar-refractivity contribution in [2.75, 3.05) is 37.7 Å². The molecule has 0 aromatic heterocycles. The molecular weight excluding hydrogens is 280 g/mol. The van der Waals surface area contributed by atoms with Crippen molar-refractivity contribution >= 4 is 17.5 Å². The third-order valence-corrected chi connectivity index (χ3v) is 4.41. The highest BCUT2D eigenvalue weighted by atomic mass is 16.5. The molecule has 1 aromatic carbocycles. The summed E-state index contributed by atoms with van der Waals surface area (Å²) in [5.41, 5.74) is 1.89. The summed E-state index contributed by atoms with van der Waals surface area (Å²) in [7, 11) is 0. The van der Waals surface area contributed by atoms with Gasteiger partial charge in [-0.15, -0.1) is 0 Å². The fourth-order valence-electron chi connectivity index (χ4n) is 3.20. The molecule has 118 valence electrons. The fourth-order valence-corrected chi connectivity index (χ4v) is 3.20. The molecule has 1 saturated heterocycles. The van der Waals surface area contributed by atoms with E-state index in [1.807, 2.05) is 36.1 Å². The minimum atomic E-state index is 0.0135. The minimum Gasteiger partial charge on any atom is -0.381 e. The fraction of sp³-hybridized carbons (Fsp3) is 0.529. The second kappa shape index (κ2) is 6.48. The number of anilines is 1. The number of ether oxygens (including phenoxy) is 1. The number of fused-ring (bicyclic) bond motifs is 1. The molecule has 0 unspecified atom stereocenters. The predicted molar refractivity (Wildman–Crippen MR) is 83.7 cm³/mol. The van der Waals surface area contributed by atoms with Gasteiger partial charge in [-0.25, -0.2) is 0 Å². The summed E-state index contributed by atoms with van der Waals surface area (Å²) in [6.45, 7) is 5.06. The zero-order valence-electron chi connectivity index (χ0n) is 13.0. The van der Waals surface area contributed by atoms with Crippen LogP contribution in [0.2, 0.25) is 0 Å². The topological polar surface area (TPSA) is 49.9 Å². The lowest BCUT2D eigenvalue weighted by atomic mass is 10.1. The van der Waals surface area contributed by atoms with Gasteiger partial charge in [-0.1, -0.05) is 18.2 Å². The Morgan fingerprint density at radius 1 is 1.36 bits per heavy atom. The zero-order chi connectivity index (χ0) is 15.5. The summed E-state index contributed by atoms with van der Waals surface area (Å²) in [4.78, 5) is 28.1. The average Bonchev–Trinajstić information content (AvgIpc) is 3.11. The molecule has 2 aliphatic heterocycles. The van der Waals surface area contributed by atoms with Gasteiger partial charge in [0, 0.05) is 31.3 Å². The molecule has 5 nitrogen and oxygen atoms in total. The third kappa shape index (κ3) is 2.99. The van der Waals surface area contributed by atoms with Crippen molar-refractivity contribution in [3.63, 3.8) is 0 Å². The SMILES string of the molecule is CCOC[C@H]1CCN(C(=O)CN2C(=O)Cc3ccccc32)C1. The number of benzene rings is 1. The first-order valence-corrected chi connectivity index (χ1v) is 7.92. The van der Waals surface area contributed by atoms with E-state index in [0.717, 1.165) is 30.8 Å². The number of carbonyl (C=O) groups is 2. The summed E-state index contributed by atoms with van der Waals surface area (Å²) >= 11 is 0. The second-order valence-electron chi connectivity index (χ2n) is 5.94. The first-order chi connectivity index (χ1) is 10.7. The number of carbonyl (C=O) groups excluding carboxylic acids is 2. The second-order valence-corrected chi connectivity index (χ2v) is 5.94. The molecule has 2 amide bonds. The molecular formula is C17H22N2O3. The molecule has 5 heteroatoms. The van der Waals surface area contributed by atoms with E-state index < -0.39 is 0 Å². The smallest absolute Gasteiger partial charge is 0.242 e. The molecule has 22 heavy (non-hydrogen) atoms. The Morgan fingerprint density at radius 3 is 3.00 bits per heavy atom. The highest BCUT2D eigenvalue weighted by molar-refractivity contribution is 6.04. The maximum Gasteiger partial charge on any atom is 0.242 e. The largest absolute Gasteiger partial charge is 0.381 e. The van der Waals surface area contributed by atoms with Crippen LogP contribution in [0.3, 0.4) is 0 Å². The highest BCUT2D eigenvalue weighted by Crippen LogP contribution is 2.28. The quantitative estimate of drug-likeness (QED) is 0.827. The van der Waals surface area contributed by atoms with Crippen LogP contribution in [0.25, 0.3) is 0 Å². The Bertz CT molecular complexity index is 573. The van der Waals surface area contributed by atoms with E-state index in [9.17, 15) is 9.59 Å². The summed E-state index contributed by atoms with van der Waals surface area (Å²) in [5.74, 6) is 0.467. The number of rotatable bonds is 5. The van der Waals surface area contributed by atoms with Crippen LogP contribution in [0, 0.1) is 5.92 Å². The van der Waals surface area contributed by atoms with Crippen molar-refractivity contribution < 1.29 is 14.3 Å². The Labute approximate surface area is 130 Å². The van der Waals surface area contributed by atoms with Gasteiger partial charge in [0.1, 0.15) is 6.54 Å². The van der Waals surface area contributed by atoms with E-state index in [-0.39, 0.29) is 18.4 Å². The summed E-state index contributed by atoms with van der Waals surface area (Å²) < 4.78 is 5.44. The molecule has 2 aliphatic rings. The highest BCUT2D eigenvalue weighted by Gasteiger charge is 2.32. The van der Waals surface area contributed by atoms with Gasteiger partial charge in [0.2, 0.25) is 11.8 Å². The molecule has 3 rings (SSSR count). The Kier molecular flexibility index (Phi) is 4.43. The van der Waals surface area contributed by atoms with E-state index in [1.165, 1.54) is 0 Å². The van der Waals surface area contributed by atoms with Crippen LogP contribution in [-0.4, -0.2) is 49.6 Å². The van der Waals surface area contributed by atoms with Crippen molar-refractivity contribution in [1.82, 2.24) is 4.90 Å². The first-order valence-electron chi connectivity index (χ1n) is 7.92. The van der Waals surface area contributed by atoms with Gasteiger partial charge in [0.25, 0.3) is 0 Å². The van der Waals surface area contributed by atoms with Crippen LogP contribution in [0.15, 0.2) is 24.3 Å². The molecule has 0 spiro atoms. The summed E-state index contributed by atoms with van der Waals surface area (Å²) in [5, 5.41) is 0. The standard InChI is InChI=1S/C17H22N2O3/c1-2-22-12-13-7-8-18(10-13)17(21)11-19-15-6-4-3-5-14(15)9-16(19)20/h3-6,13H,2,7-12H2,1H3/t13-/m0/s1. The lowest BCUT2D eigenvalue weighted by molar-refractivity contribution is -0.130. The summed E-state index contributed by atoms with van der Waals surface area (Å²) in [6, 6.07) is 7.69. The van der Waals surface area contributed by atoms with E-state index in [4.69, 9.17) is 4.74 Å². The third-order valence-electron chi connectivity index (χ3n) is 4.41. The van der Waals surface area contributed by atoms with E-state index in [1.54, 1.807) is 4.90 Å². The van der Waals surface area contributed by atoms with Crippen molar-refractivity contribution in [1.29, 1.82) is 0 Å². The van der Waals surface area contributed by atoms with Crippen LogP contribution in [0.1, 0.15) is 18.9 Å². The number of likely N-dealkylation sites (tertiary alicyclic amines) is 1. The van der Waals surface area contributed by atoms with Crippen LogP contribution >= 0.6 is 0 Å². The van der Waals surface area contributed by atoms with Crippen molar-refractivity contribution in [2.45, 2.75) is 19.8 Å². The summed E-state index contributed by atoms with van der Waals surface area (Å²) in [6.07, 6.45) is 1.38. The van der Waals surface area contributed by atoms with E-state index >= 15 is 0 Å². The van der Waals surface area contributed by atoms with Crippen LogP contribution < -0.4 is 4.90 Å². The number of nitrogens with zero attached hydrogens (tertiary/aromatic N) is 2. The lowest BCUT2D eigenvalue weighted by Crippen LogP contribution is -2.40. The van der Waals surface area contributed by atoms with Crippen LogP contribution in [0.5, 0.6) is 0 Å². The van der Waals surface area contributed by atoms with E-state index in [0.29, 0.717) is 25.6 Å². The molecule has 2 heterocycles. The molecule has 1 aromatic rings. The van der Waals surface area contributed by atoms with Crippen molar-refractivity contribution in [3.8, 4) is 0 Å². The van der Waals surface area contributed by atoms with Crippen molar-refractivity contribution in [2.24, 2.45) is 5.92 Å². The Hall–Kier alpha value is -1.88. The first kappa shape index (κ1) is 15.0. The number of para-hydroxylation sites is 1. The minimum absolute atomic E-state index is 0.0135. The molecule has 0 aliphatic carbocycles. The monoisotopic (exact) mass is 302 g/mol. The van der Waals surface area contributed by atoms with Gasteiger partial charge in [-0.3, -0.25) is 9.59 Å². The number of amides is 2. The molecule has 0 bridgehead atoms. The van der Waals surface area contributed by atoms with Crippen LogP contribution in [-0.2, 0) is 20.7 Å². The van der Waals surface area contributed by atoms with Gasteiger partial charge in [0.15, 0.2) is 0 Å². The van der Waals surface area contributed by atoms with Gasteiger partial charge < -0.3 is 14.5 Å². The molecule has 1 fully saturated rings. The zero-order valence-corrected chi connectivity index (χ0v) is 13.0.